The van der Waals surface area contributed by atoms with Crippen LogP contribution in [0.1, 0.15) is 25.0 Å². The smallest absolute Gasteiger partial charge is 0.240 e. The van der Waals surface area contributed by atoms with E-state index >= 15 is 0 Å². The number of carbonyl (C=O) groups is 1. The number of ether oxygens (including phenoxy) is 2. The maximum atomic E-state index is 12.3. The van der Waals surface area contributed by atoms with Crippen LogP contribution in [0, 0.1) is 0 Å². The summed E-state index contributed by atoms with van der Waals surface area (Å²) in [6, 6.07) is 8.16. The maximum absolute atomic E-state index is 12.3. The van der Waals surface area contributed by atoms with Crippen LogP contribution in [0.3, 0.4) is 0 Å². The van der Waals surface area contributed by atoms with Crippen molar-refractivity contribution in [3.05, 3.63) is 35.4 Å². The van der Waals surface area contributed by atoms with Crippen molar-refractivity contribution >= 4 is 5.91 Å². The molecule has 0 spiro atoms. The quantitative estimate of drug-likeness (QED) is 0.829. The Hall–Kier alpha value is -1.47. The second kappa shape index (κ2) is 8.76. The Balaban J connectivity index is 1.52. The lowest BCUT2D eigenvalue weighted by atomic mass is 10.1. The molecule has 2 fully saturated rings. The highest BCUT2D eigenvalue weighted by atomic mass is 16.5. The zero-order valence-corrected chi connectivity index (χ0v) is 15.2. The van der Waals surface area contributed by atoms with Gasteiger partial charge < -0.3 is 20.1 Å². The van der Waals surface area contributed by atoms with Gasteiger partial charge in [-0.15, -0.1) is 0 Å². The molecule has 138 valence electrons. The van der Waals surface area contributed by atoms with Gasteiger partial charge in [0.15, 0.2) is 0 Å². The van der Waals surface area contributed by atoms with Gasteiger partial charge in [0.05, 0.1) is 25.4 Å². The van der Waals surface area contributed by atoms with Crippen LogP contribution >= 0.6 is 0 Å². The van der Waals surface area contributed by atoms with Gasteiger partial charge in [0.1, 0.15) is 6.04 Å². The third-order valence-corrected chi connectivity index (χ3v) is 4.79. The van der Waals surface area contributed by atoms with Crippen LogP contribution in [0.15, 0.2) is 24.3 Å². The molecular formula is C19H29N3O3. The van der Waals surface area contributed by atoms with E-state index in [9.17, 15) is 4.79 Å². The molecule has 3 atom stereocenters. The minimum atomic E-state index is -0.272. The van der Waals surface area contributed by atoms with E-state index < -0.39 is 0 Å². The third kappa shape index (κ3) is 5.25. The molecule has 1 aromatic carbocycles. The Labute approximate surface area is 149 Å². The fourth-order valence-corrected chi connectivity index (χ4v) is 3.46. The predicted octanol–water partition coefficient (Wildman–Crippen LogP) is 0.900. The van der Waals surface area contributed by atoms with Gasteiger partial charge in [-0.25, -0.2) is 0 Å². The first-order chi connectivity index (χ1) is 12.1. The lowest BCUT2D eigenvalue weighted by Crippen LogP contribution is -2.55. The monoisotopic (exact) mass is 347 g/mol. The topological polar surface area (TPSA) is 62.8 Å². The summed E-state index contributed by atoms with van der Waals surface area (Å²) in [5.74, 6) is -0.000364. The molecule has 2 heterocycles. The summed E-state index contributed by atoms with van der Waals surface area (Å²) in [4.78, 5) is 14.8. The van der Waals surface area contributed by atoms with Crippen LogP contribution in [0.4, 0.5) is 0 Å². The normalized spacial score (nSPS) is 27.8. The number of hydrogen-bond donors (Lipinski definition) is 2. The summed E-state index contributed by atoms with van der Waals surface area (Å²) in [6.45, 7) is 9.61. The van der Waals surface area contributed by atoms with Gasteiger partial charge in [-0.05, 0) is 25.0 Å². The van der Waals surface area contributed by atoms with Gasteiger partial charge in [-0.1, -0.05) is 24.3 Å². The summed E-state index contributed by atoms with van der Waals surface area (Å²) in [6.07, 6.45) is 0.201. The molecule has 6 heteroatoms. The van der Waals surface area contributed by atoms with Crippen LogP contribution in [0.25, 0.3) is 0 Å². The second-order valence-corrected chi connectivity index (χ2v) is 6.96. The number of morpholine rings is 2. The van der Waals surface area contributed by atoms with Crippen LogP contribution in [0.2, 0.25) is 0 Å². The van der Waals surface area contributed by atoms with Gasteiger partial charge in [0.25, 0.3) is 0 Å². The van der Waals surface area contributed by atoms with E-state index in [2.05, 4.69) is 46.7 Å². The van der Waals surface area contributed by atoms with Gasteiger partial charge >= 0.3 is 0 Å². The molecule has 3 rings (SSSR count). The van der Waals surface area contributed by atoms with Crippen LogP contribution in [-0.4, -0.2) is 61.9 Å². The highest BCUT2D eigenvalue weighted by Gasteiger charge is 2.27. The van der Waals surface area contributed by atoms with E-state index in [0.29, 0.717) is 19.3 Å². The zero-order chi connectivity index (χ0) is 17.6. The van der Waals surface area contributed by atoms with E-state index in [-0.39, 0.29) is 18.1 Å². The average Bonchev–Trinajstić information content (AvgIpc) is 2.60. The number of carbonyl (C=O) groups excluding carboxylic acids is 1. The number of benzene rings is 1. The zero-order valence-electron chi connectivity index (χ0n) is 15.2. The Kier molecular flexibility index (Phi) is 6.42. The fourth-order valence-electron chi connectivity index (χ4n) is 3.46. The van der Waals surface area contributed by atoms with Gasteiger partial charge in [0.2, 0.25) is 5.91 Å². The molecule has 1 aromatic rings. The average molecular weight is 347 g/mol. The maximum Gasteiger partial charge on any atom is 0.240 e. The van der Waals surface area contributed by atoms with Crippen molar-refractivity contribution in [2.45, 2.75) is 45.2 Å². The molecule has 2 aliphatic rings. The van der Waals surface area contributed by atoms with Crippen LogP contribution in [-0.2, 0) is 27.4 Å². The first-order valence-corrected chi connectivity index (χ1v) is 9.16. The largest absolute Gasteiger partial charge is 0.376 e. The molecular weight excluding hydrogens is 318 g/mol. The molecule has 2 N–H and O–H groups in total. The molecule has 2 saturated heterocycles. The number of amides is 1. The molecule has 0 aliphatic carbocycles. The summed E-state index contributed by atoms with van der Waals surface area (Å²) >= 11 is 0. The first-order valence-electron chi connectivity index (χ1n) is 9.16. The first kappa shape index (κ1) is 18.3. The van der Waals surface area contributed by atoms with Crippen molar-refractivity contribution in [2.75, 3.05) is 32.8 Å². The van der Waals surface area contributed by atoms with Crippen molar-refractivity contribution in [3.63, 3.8) is 0 Å². The molecule has 0 saturated carbocycles. The van der Waals surface area contributed by atoms with Crippen LogP contribution < -0.4 is 10.6 Å². The molecule has 0 aromatic heterocycles. The van der Waals surface area contributed by atoms with Gasteiger partial charge in [0, 0.05) is 32.7 Å². The Morgan fingerprint density at radius 1 is 1.28 bits per heavy atom. The standard InChI is InChI=1S/C19H29N3O3/c1-14-12-22(7-9-24-14)13-17-5-3-4-16(10-17)11-21-19(23)18-15(2)25-8-6-20-18/h3-5,10,14-15,18,20H,6-9,11-13H2,1-2H3,(H,21,23)/t14?,15-,18+/m1/s1. The Bertz CT molecular complexity index is 581. The fraction of sp³-hybridized carbons (Fsp3) is 0.632. The number of nitrogens with one attached hydrogen (secondary N) is 2. The molecule has 0 bridgehead atoms. The third-order valence-electron chi connectivity index (χ3n) is 4.79. The van der Waals surface area contributed by atoms with Gasteiger partial charge in [-0.2, -0.15) is 0 Å². The van der Waals surface area contributed by atoms with E-state index in [0.717, 1.165) is 38.3 Å². The second-order valence-electron chi connectivity index (χ2n) is 6.96. The minimum Gasteiger partial charge on any atom is -0.376 e. The lowest BCUT2D eigenvalue weighted by Gasteiger charge is -2.31. The highest BCUT2D eigenvalue weighted by Crippen LogP contribution is 2.12. The summed E-state index contributed by atoms with van der Waals surface area (Å²) in [7, 11) is 0. The summed E-state index contributed by atoms with van der Waals surface area (Å²) in [5, 5.41) is 6.24. The lowest BCUT2D eigenvalue weighted by molar-refractivity contribution is -0.129. The molecule has 25 heavy (non-hydrogen) atoms. The number of nitrogens with zero attached hydrogens (tertiary/aromatic N) is 1. The molecule has 2 aliphatic heterocycles. The van der Waals surface area contributed by atoms with Crippen molar-refractivity contribution in [3.8, 4) is 0 Å². The highest BCUT2D eigenvalue weighted by molar-refractivity contribution is 5.82. The van der Waals surface area contributed by atoms with E-state index in [4.69, 9.17) is 9.47 Å². The van der Waals surface area contributed by atoms with Crippen molar-refractivity contribution in [2.24, 2.45) is 0 Å². The molecule has 0 radical (unpaired) electrons. The van der Waals surface area contributed by atoms with E-state index in [1.807, 2.05) is 6.92 Å². The molecule has 1 amide bonds. The van der Waals surface area contributed by atoms with E-state index in [1.165, 1.54) is 5.56 Å². The van der Waals surface area contributed by atoms with Gasteiger partial charge in [-0.3, -0.25) is 9.69 Å². The minimum absolute atomic E-state index is 0.000364. The summed E-state index contributed by atoms with van der Waals surface area (Å²) in [5.41, 5.74) is 2.39. The summed E-state index contributed by atoms with van der Waals surface area (Å²) < 4.78 is 11.1. The van der Waals surface area contributed by atoms with Crippen molar-refractivity contribution < 1.29 is 14.3 Å². The van der Waals surface area contributed by atoms with E-state index in [1.54, 1.807) is 0 Å². The number of rotatable bonds is 5. The Morgan fingerprint density at radius 2 is 2.12 bits per heavy atom. The van der Waals surface area contributed by atoms with Crippen molar-refractivity contribution in [1.82, 2.24) is 15.5 Å². The predicted molar refractivity (Wildman–Crippen MR) is 96.2 cm³/mol. The molecule has 6 nitrogen and oxygen atoms in total. The Morgan fingerprint density at radius 3 is 2.92 bits per heavy atom. The van der Waals surface area contributed by atoms with Crippen molar-refractivity contribution in [1.29, 1.82) is 0 Å². The number of hydrogen-bond acceptors (Lipinski definition) is 5. The molecule has 1 unspecified atom stereocenters. The van der Waals surface area contributed by atoms with Crippen LogP contribution in [0.5, 0.6) is 0 Å². The SMILES string of the molecule is CC1CN(Cc2cccc(CNC(=O)[C@H]3NCCO[C@@H]3C)c2)CCO1.